The SMILES string of the molecule is CC(C)C[C@H](N)COc1cc2c(cc1-c1cnco1)c1ccncc1c(=O)n2C. The van der Waals surface area contributed by atoms with Gasteiger partial charge in [-0.05, 0) is 29.9 Å². The number of pyridine rings is 2. The largest absolute Gasteiger partial charge is 0.491 e. The lowest BCUT2D eigenvalue weighted by Crippen LogP contribution is -2.29. The summed E-state index contributed by atoms with van der Waals surface area (Å²) in [5.41, 5.74) is 7.64. The normalized spacial score (nSPS) is 12.7. The zero-order valence-corrected chi connectivity index (χ0v) is 16.8. The van der Waals surface area contributed by atoms with E-state index in [0.29, 0.717) is 29.4 Å². The molecular weight excluding hydrogens is 368 g/mol. The molecule has 0 aliphatic rings. The van der Waals surface area contributed by atoms with Gasteiger partial charge >= 0.3 is 0 Å². The van der Waals surface area contributed by atoms with Crippen molar-refractivity contribution in [1.82, 2.24) is 14.5 Å². The maximum Gasteiger partial charge on any atom is 0.260 e. The summed E-state index contributed by atoms with van der Waals surface area (Å²) in [6.07, 6.45) is 7.18. The van der Waals surface area contributed by atoms with E-state index in [4.69, 9.17) is 14.9 Å². The van der Waals surface area contributed by atoms with Gasteiger partial charge in [0.25, 0.3) is 5.56 Å². The second-order valence-corrected chi connectivity index (χ2v) is 7.72. The summed E-state index contributed by atoms with van der Waals surface area (Å²) in [7, 11) is 1.75. The number of nitrogens with zero attached hydrogens (tertiary/aromatic N) is 3. The van der Waals surface area contributed by atoms with Gasteiger partial charge < -0.3 is 19.5 Å². The van der Waals surface area contributed by atoms with Gasteiger partial charge in [0, 0.05) is 36.9 Å². The molecule has 0 bridgehead atoms. The third-order valence-electron chi connectivity index (χ3n) is 5.03. The van der Waals surface area contributed by atoms with Gasteiger partial charge in [-0.25, -0.2) is 4.98 Å². The second kappa shape index (κ2) is 7.67. The van der Waals surface area contributed by atoms with Gasteiger partial charge in [-0.1, -0.05) is 13.8 Å². The Balaban J connectivity index is 1.90. The highest BCUT2D eigenvalue weighted by atomic mass is 16.5. The van der Waals surface area contributed by atoms with Crippen molar-refractivity contribution in [2.45, 2.75) is 26.3 Å². The average molecular weight is 392 g/mol. The van der Waals surface area contributed by atoms with Crippen LogP contribution in [0.15, 0.2) is 52.4 Å². The van der Waals surface area contributed by atoms with Crippen LogP contribution >= 0.6 is 0 Å². The van der Waals surface area contributed by atoms with Crippen LogP contribution in [-0.4, -0.2) is 27.2 Å². The lowest BCUT2D eigenvalue weighted by atomic mass is 10.0. The van der Waals surface area contributed by atoms with Gasteiger partial charge in [0.2, 0.25) is 0 Å². The highest BCUT2D eigenvalue weighted by Crippen LogP contribution is 2.36. The van der Waals surface area contributed by atoms with Crippen LogP contribution in [0, 0.1) is 5.92 Å². The first kappa shape index (κ1) is 19.1. The molecule has 0 amide bonds. The topological polar surface area (TPSA) is 96.2 Å². The van der Waals surface area contributed by atoms with E-state index in [1.54, 1.807) is 30.2 Å². The van der Waals surface area contributed by atoms with Crippen molar-refractivity contribution in [1.29, 1.82) is 0 Å². The predicted octanol–water partition coefficient (Wildman–Crippen LogP) is 3.49. The number of oxazole rings is 1. The number of ether oxygens (including phenoxy) is 1. The minimum atomic E-state index is -0.101. The molecule has 3 heterocycles. The predicted molar refractivity (Wildman–Crippen MR) is 113 cm³/mol. The van der Waals surface area contributed by atoms with E-state index in [9.17, 15) is 4.79 Å². The number of rotatable bonds is 6. The molecule has 0 fully saturated rings. The first-order valence-electron chi connectivity index (χ1n) is 9.63. The molecule has 0 unspecified atom stereocenters. The van der Waals surface area contributed by atoms with E-state index < -0.39 is 0 Å². The van der Waals surface area contributed by atoms with Crippen molar-refractivity contribution in [3.8, 4) is 17.1 Å². The van der Waals surface area contributed by atoms with Crippen LogP contribution in [-0.2, 0) is 7.05 Å². The summed E-state index contributed by atoms with van der Waals surface area (Å²) in [4.78, 5) is 20.9. The Hall–Kier alpha value is -3.19. The van der Waals surface area contributed by atoms with Crippen LogP contribution in [0.1, 0.15) is 20.3 Å². The van der Waals surface area contributed by atoms with Crippen LogP contribution in [0.3, 0.4) is 0 Å². The highest BCUT2D eigenvalue weighted by molar-refractivity contribution is 6.07. The molecule has 3 aromatic heterocycles. The highest BCUT2D eigenvalue weighted by Gasteiger charge is 2.17. The molecule has 0 aliphatic heterocycles. The number of fused-ring (bicyclic) bond motifs is 3. The maximum absolute atomic E-state index is 12.8. The van der Waals surface area contributed by atoms with Crippen LogP contribution in [0.4, 0.5) is 0 Å². The number of aryl methyl sites for hydroxylation is 1. The molecule has 29 heavy (non-hydrogen) atoms. The Kier molecular flexibility index (Phi) is 5.07. The van der Waals surface area contributed by atoms with Crippen LogP contribution in [0.5, 0.6) is 5.75 Å². The van der Waals surface area contributed by atoms with Gasteiger partial charge in [-0.15, -0.1) is 0 Å². The first-order valence-corrected chi connectivity index (χ1v) is 9.63. The lowest BCUT2D eigenvalue weighted by Gasteiger charge is -2.18. The molecule has 2 N–H and O–H groups in total. The fourth-order valence-electron chi connectivity index (χ4n) is 3.68. The number of nitrogens with two attached hydrogens (primary N) is 1. The summed E-state index contributed by atoms with van der Waals surface area (Å²) in [5.74, 6) is 1.69. The molecule has 7 heteroatoms. The number of benzene rings is 1. The molecular formula is C22H24N4O3. The molecule has 1 atom stereocenters. The minimum Gasteiger partial charge on any atom is -0.491 e. The molecule has 7 nitrogen and oxygen atoms in total. The molecule has 0 spiro atoms. The van der Waals surface area contributed by atoms with Gasteiger partial charge in [0.15, 0.2) is 12.2 Å². The number of hydrogen-bond acceptors (Lipinski definition) is 6. The molecule has 0 saturated heterocycles. The van der Waals surface area contributed by atoms with E-state index in [-0.39, 0.29) is 11.6 Å². The zero-order valence-electron chi connectivity index (χ0n) is 16.8. The van der Waals surface area contributed by atoms with Crippen molar-refractivity contribution < 1.29 is 9.15 Å². The van der Waals surface area contributed by atoms with Crippen LogP contribution in [0.2, 0.25) is 0 Å². The number of hydrogen-bond donors (Lipinski definition) is 1. The summed E-state index contributed by atoms with van der Waals surface area (Å²) in [6.45, 7) is 4.63. The minimum absolute atomic E-state index is 0.0835. The first-order chi connectivity index (χ1) is 14.0. The molecule has 4 aromatic rings. The Bertz CT molecular complexity index is 1210. The van der Waals surface area contributed by atoms with E-state index in [1.807, 2.05) is 18.2 Å². The second-order valence-electron chi connectivity index (χ2n) is 7.72. The Morgan fingerprint density at radius 1 is 1.17 bits per heavy atom. The summed E-state index contributed by atoms with van der Waals surface area (Å²) in [5, 5.41) is 2.32. The van der Waals surface area contributed by atoms with Gasteiger partial charge in [-0.3, -0.25) is 9.78 Å². The van der Waals surface area contributed by atoms with E-state index in [2.05, 4.69) is 23.8 Å². The maximum atomic E-state index is 12.8. The molecule has 0 aliphatic carbocycles. The van der Waals surface area contributed by atoms with Crippen LogP contribution < -0.4 is 16.0 Å². The van der Waals surface area contributed by atoms with Crippen molar-refractivity contribution in [2.75, 3.05) is 6.61 Å². The quantitative estimate of drug-likeness (QED) is 0.505. The third-order valence-corrected chi connectivity index (χ3v) is 5.03. The molecule has 1 aromatic carbocycles. The zero-order chi connectivity index (χ0) is 20.5. The summed E-state index contributed by atoms with van der Waals surface area (Å²) in [6, 6.07) is 5.61. The molecule has 0 saturated carbocycles. The third kappa shape index (κ3) is 3.61. The molecule has 0 radical (unpaired) electrons. The van der Waals surface area contributed by atoms with E-state index in [0.717, 1.165) is 28.3 Å². The standard InChI is InChI=1S/C22H24N4O3/c1-13(2)6-14(23)11-28-20-8-19-16(7-17(20)21-10-25-12-29-21)15-4-5-24-9-18(15)22(27)26(19)3/h4-5,7-10,12-14H,6,11,23H2,1-3H3/t14-/m0/s1. The van der Waals surface area contributed by atoms with Gasteiger partial charge in [0.1, 0.15) is 12.4 Å². The average Bonchev–Trinajstić information content (AvgIpc) is 3.24. The van der Waals surface area contributed by atoms with Gasteiger partial charge in [-0.2, -0.15) is 0 Å². The smallest absolute Gasteiger partial charge is 0.260 e. The Labute approximate surface area is 168 Å². The Morgan fingerprint density at radius 2 is 2.00 bits per heavy atom. The fraction of sp³-hybridized carbons (Fsp3) is 0.318. The Morgan fingerprint density at radius 3 is 2.72 bits per heavy atom. The lowest BCUT2D eigenvalue weighted by molar-refractivity contribution is 0.271. The van der Waals surface area contributed by atoms with Crippen LogP contribution in [0.25, 0.3) is 33.0 Å². The number of aromatic nitrogens is 3. The van der Waals surface area contributed by atoms with E-state index >= 15 is 0 Å². The van der Waals surface area contributed by atoms with Crippen molar-refractivity contribution in [3.05, 3.63) is 53.5 Å². The van der Waals surface area contributed by atoms with Gasteiger partial charge in [0.05, 0.1) is 22.7 Å². The van der Waals surface area contributed by atoms with E-state index in [1.165, 1.54) is 6.39 Å². The van der Waals surface area contributed by atoms with Crippen molar-refractivity contribution in [2.24, 2.45) is 18.7 Å². The molecule has 150 valence electrons. The monoisotopic (exact) mass is 392 g/mol. The molecule has 4 rings (SSSR count). The van der Waals surface area contributed by atoms with Crippen molar-refractivity contribution in [3.63, 3.8) is 0 Å². The summed E-state index contributed by atoms with van der Waals surface area (Å²) >= 11 is 0. The fourth-order valence-corrected chi connectivity index (χ4v) is 3.68. The van der Waals surface area contributed by atoms with Crippen molar-refractivity contribution >= 4 is 21.7 Å². The summed E-state index contributed by atoms with van der Waals surface area (Å²) < 4.78 is 13.3.